The number of nitrogens with one attached hydrogen (secondary N) is 1. The molecule has 1 aromatic carbocycles. The first-order valence-corrected chi connectivity index (χ1v) is 6.11. The van der Waals surface area contributed by atoms with E-state index >= 15 is 0 Å². The van der Waals surface area contributed by atoms with E-state index in [-0.39, 0.29) is 5.54 Å². The van der Waals surface area contributed by atoms with Gasteiger partial charge in [0.1, 0.15) is 0 Å². The zero-order chi connectivity index (χ0) is 10.4. The van der Waals surface area contributed by atoms with Crippen LogP contribution >= 0.6 is 15.9 Å². The molecular weight excluding hydrogens is 238 g/mol. The lowest BCUT2D eigenvalue weighted by Crippen LogP contribution is -2.38. The third-order valence-electron chi connectivity index (χ3n) is 2.33. The second-order valence-electron chi connectivity index (χ2n) is 4.16. The summed E-state index contributed by atoms with van der Waals surface area (Å²) in [5, 5.41) is 4.59. The molecule has 1 nitrogen and oxygen atoms in total. The SMILES string of the molecule is CC(C)(CCBr)NCc1ccccc1. The van der Waals surface area contributed by atoms with Crippen molar-refractivity contribution in [1.82, 2.24) is 5.32 Å². The van der Waals surface area contributed by atoms with Crippen LogP contribution < -0.4 is 5.32 Å². The van der Waals surface area contributed by atoms with E-state index in [1.54, 1.807) is 0 Å². The molecule has 0 bridgehead atoms. The van der Waals surface area contributed by atoms with Gasteiger partial charge in [-0.1, -0.05) is 46.3 Å². The van der Waals surface area contributed by atoms with Crippen LogP contribution in [0.25, 0.3) is 0 Å². The molecule has 0 spiro atoms. The van der Waals surface area contributed by atoms with Crippen molar-refractivity contribution >= 4 is 15.9 Å². The van der Waals surface area contributed by atoms with Crippen molar-refractivity contribution < 1.29 is 0 Å². The average Bonchev–Trinajstić information content (AvgIpc) is 2.17. The summed E-state index contributed by atoms with van der Waals surface area (Å²) in [7, 11) is 0. The Balaban J connectivity index is 2.40. The Labute approximate surface area is 95.0 Å². The van der Waals surface area contributed by atoms with Crippen molar-refractivity contribution in [3.63, 3.8) is 0 Å². The zero-order valence-corrected chi connectivity index (χ0v) is 10.5. The lowest BCUT2D eigenvalue weighted by molar-refractivity contribution is 0.378. The topological polar surface area (TPSA) is 12.0 Å². The van der Waals surface area contributed by atoms with Crippen LogP contribution in [0.2, 0.25) is 0 Å². The largest absolute Gasteiger partial charge is 0.308 e. The summed E-state index contributed by atoms with van der Waals surface area (Å²) < 4.78 is 0. The maximum atomic E-state index is 3.55. The lowest BCUT2D eigenvalue weighted by atomic mass is 10.0. The number of benzene rings is 1. The van der Waals surface area contributed by atoms with Gasteiger partial charge in [-0.15, -0.1) is 0 Å². The van der Waals surface area contributed by atoms with Crippen molar-refractivity contribution in [2.45, 2.75) is 32.4 Å². The molecule has 0 radical (unpaired) electrons. The number of alkyl halides is 1. The summed E-state index contributed by atoms with van der Waals surface area (Å²) in [6, 6.07) is 10.5. The van der Waals surface area contributed by atoms with Crippen LogP contribution in [0.15, 0.2) is 30.3 Å². The molecule has 0 saturated carbocycles. The first-order valence-electron chi connectivity index (χ1n) is 4.99. The highest BCUT2D eigenvalue weighted by atomic mass is 79.9. The molecule has 0 atom stereocenters. The van der Waals surface area contributed by atoms with Gasteiger partial charge in [0.15, 0.2) is 0 Å². The Bertz CT molecular complexity index is 256. The maximum absolute atomic E-state index is 3.55. The number of halogens is 1. The summed E-state index contributed by atoms with van der Waals surface area (Å²) in [5.41, 5.74) is 1.55. The molecule has 0 aliphatic heterocycles. The molecular formula is C12H18BrN. The molecule has 0 saturated heterocycles. The minimum Gasteiger partial charge on any atom is -0.308 e. The minimum absolute atomic E-state index is 0.208. The molecule has 0 aromatic heterocycles. The number of hydrogen-bond acceptors (Lipinski definition) is 1. The third-order valence-corrected chi connectivity index (χ3v) is 2.73. The first-order chi connectivity index (χ1) is 6.64. The van der Waals surface area contributed by atoms with E-state index in [1.165, 1.54) is 5.56 Å². The molecule has 1 rings (SSSR count). The van der Waals surface area contributed by atoms with Crippen molar-refractivity contribution in [2.75, 3.05) is 5.33 Å². The Morgan fingerprint density at radius 2 is 1.86 bits per heavy atom. The van der Waals surface area contributed by atoms with Crippen LogP contribution in [-0.2, 0) is 6.54 Å². The second-order valence-corrected chi connectivity index (χ2v) is 4.96. The fourth-order valence-electron chi connectivity index (χ4n) is 1.26. The first kappa shape index (κ1) is 11.7. The predicted molar refractivity (Wildman–Crippen MR) is 65.8 cm³/mol. The van der Waals surface area contributed by atoms with Crippen LogP contribution in [0.3, 0.4) is 0 Å². The molecule has 78 valence electrons. The summed E-state index contributed by atoms with van der Waals surface area (Å²) in [5.74, 6) is 0. The Kier molecular flexibility index (Phi) is 4.63. The van der Waals surface area contributed by atoms with Gasteiger partial charge in [0.2, 0.25) is 0 Å². The van der Waals surface area contributed by atoms with E-state index in [2.05, 4.69) is 59.4 Å². The highest BCUT2D eigenvalue weighted by molar-refractivity contribution is 9.09. The predicted octanol–water partition coefficient (Wildman–Crippen LogP) is 3.34. The molecule has 2 heteroatoms. The van der Waals surface area contributed by atoms with Gasteiger partial charge < -0.3 is 5.32 Å². The smallest absolute Gasteiger partial charge is 0.0210 e. The van der Waals surface area contributed by atoms with E-state index in [0.29, 0.717) is 0 Å². The monoisotopic (exact) mass is 255 g/mol. The van der Waals surface area contributed by atoms with Crippen LogP contribution in [0, 0.1) is 0 Å². The van der Waals surface area contributed by atoms with Gasteiger partial charge in [0.25, 0.3) is 0 Å². The standard InChI is InChI=1S/C12H18BrN/c1-12(2,8-9-13)14-10-11-6-4-3-5-7-11/h3-7,14H,8-10H2,1-2H3. The van der Waals surface area contributed by atoms with E-state index in [0.717, 1.165) is 18.3 Å². The summed E-state index contributed by atoms with van der Waals surface area (Å²) in [6.07, 6.45) is 1.14. The summed E-state index contributed by atoms with van der Waals surface area (Å²) in [6.45, 7) is 5.41. The molecule has 1 N–H and O–H groups in total. The fourth-order valence-corrected chi connectivity index (χ4v) is 2.25. The zero-order valence-electron chi connectivity index (χ0n) is 8.89. The van der Waals surface area contributed by atoms with E-state index in [9.17, 15) is 0 Å². The van der Waals surface area contributed by atoms with Gasteiger partial charge >= 0.3 is 0 Å². The van der Waals surface area contributed by atoms with Crippen molar-refractivity contribution in [3.8, 4) is 0 Å². The Morgan fingerprint density at radius 1 is 1.21 bits per heavy atom. The maximum Gasteiger partial charge on any atom is 0.0210 e. The summed E-state index contributed by atoms with van der Waals surface area (Å²) in [4.78, 5) is 0. The minimum atomic E-state index is 0.208. The fraction of sp³-hybridized carbons (Fsp3) is 0.500. The van der Waals surface area contributed by atoms with Gasteiger partial charge in [0.05, 0.1) is 0 Å². The number of hydrogen-bond donors (Lipinski definition) is 1. The normalized spacial score (nSPS) is 11.6. The molecule has 14 heavy (non-hydrogen) atoms. The number of rotatable bonds is 5. The van der Waals surface area contributed by atoms with Crippen LogP contribution in [-0.4, -0.2) is 10.9 Å². The molecule has 1 aromatic rings. The van der Waals surface area contributed by atoms with Crippen molar-refractivity contribution in [3.05, 3.63) is 35.9 Å². The van der Waals surface area contributed by atoms with Gasteiger partial charge in [-0.25, -0.2) is 0 Å². The van der Waals surface area contributed by atoms with Crippen molar-refractivity contribution in [2.24, 2.45) is 0 Å². The molecule has 0 heterocycles. The van der Waals surface area contributed by atoms with Gasteiger partial charge in [-0.2, -0.15) is 0 Å². The van der Waals surface area contributed by atoms with Crippen molar-refractivity contribution in [1.29, 1.82) is 0 Å². The van der Waals surface area contributed by atoms with Crippen LogP contribution in [0.4, 0.5) is 0 Å². The Morgan fingerprint density at radius 3 is 2.43 bits per heavy atom. The van der Waals surface area contributed by atoms with E-state index in [1.807, 2.05) is 6.07 Å². The molecule has 0 aliphatic carbocycles. The lowest BCUT2D eigenvalue weighted by Gasteiger charge is -2.25. The quantitative estimate of drug-likeness (QED) is 0.797. The van der Waals surface area contributed by atoms with Gasteiger partial charge in [-0.3, -0.25) is 0 Å². The highest BCUT2D eigenvalue weighted by Gasteiger charge is 2.14. The molecule has 0 unspecified atom stereocenters. The van der Waals surface area contributed by atoms with E-state index < -0.39 is 0 Å². The highest BCUT2D eigenvalue weighted by Crippen LogP contribution is 2.11. The van der Waals surface area contributed by atoms with Gasteiger partial charge in [-0.05, 0) is 25.8 Å². The van der Waals surface area contributed by atoms with Crippen LogP contribution in [0.1, 0.15) is 25.8 Å². The third kappa shape index (κ3) is 4.25. The van der Waals surface area contributed by atoms with Crippen LogP contribution in [0.5, 0.6) is 0 Å². The van der Waals surface area contributed by atoms with Gasteiger partial charge in [0, 0.05) is 17.4 Å². The molecule has 0 fully saturated rings. The van der Waals surface area contributed by atoms with E-state index in [4.69, 9.17) is 0 Å². The molecule has 0 aliphatic rings. The second kappa shape index (κ2) is 5.52. The summed E-state index contributed by atoms with van der Waals surface area (Å²) >= 11 is 3.47. The Hall–Kier alpha value is -0.340. The average molecular weight is 256 g/mol. The molecule has 0 amide bonds.